The summed E-state index contributed by atoms with van der Waals surface area (Å²) in [4.78, 5) is 22.5. The SMILES string of the molecule is COCCc1ccccc1NC(=O)C(N)CC(N)=O. The monoisotopic (exact) mass is 265 g/mol. The lowest BCUT2D eigenvalue weighted by molar-refractivity contribution is -0.123. The van der Waals surface area contributed by atoms with Crippen molar-refractivity contribution < 1.29 is 14.3 Å². The Morgan fingerprint density at radius 1 is 1.37 bits per heavy atom. The molecule has 0 spiro atoms. The molecular formula is C13H19N3O3. The van der Waals surface area contributed by atoms with Gasteiger partial charge in [0.05, 0.1) is 19.1 Å². The van der Waals surface area contributed by atoms with Gasteiger partial charge in [0.25, 0.3) is 0 Å². The molecule has 0 aliphatic rings. The molecule has 1 aromatic rings. The van der Waals surface area contributed by atoms with Gasteiger partial charge in [0.2, 0.25) is 11.8 Å². The zero-order valence-electron chi connectivity index (χ0n) is 10.9. The smallest absolute Gasteiger partial charge is 0.241 e. The van der Waals surface area contributed by atoms with Crippen LogP contribution in [-0.2, 0) is 20.7 Å². The summed E-state index contributed by atoms with van der Waals surface area (Å²) in [5, 5.41) is 2.70. The van der Waals surface area contributed by atoms with Crippen molar-refractivity contribution in [2.45, 2.75) is 18.9 Å². The summed E-state index contributed by atoms with van der Waals surface area (Å²) in [5.41, 5.74) is 12.2. The molecule has 1 aromatic carbocycles. The predicted molar refractivity (Wildman–Crippen MR) is 72.4 cm³/mol. The number of carbonyl (C=O) groups excluding carboxylic acids is 2. The van der Waals surface area contributed by atoms with Gasteiger partial charge in [-0.3, -0.25) is 9.59 Å². The summed E-state index contributed by atoms with van der Waals surface area (Å²) < 4.78 is 5.01. The molecule has 0 aliphatic heterocycles. The van der Waals surface area contributed by atoms with Crippen LogP contribution in [0.15, 0.2) is 24.3 Å². The van der Waals surface area contributed by atoms with E-state index in [1.54, 1.807) is 13.2 Å². The van der Waals surface area contributed by atoms with Crippen LogP contribution in [0, 0.1) is 0 Å². The number of ether oxygens (including phenoxy) is 1. The number of nitrogens with two attached hydrogens (primary N) is 2. The maximum Gasteiger partial charge on any atom is 0.241 e. The van der Waals surface area contributed by atoms with E-state index >= 15 is 0 Å². The second-order valence-corrected chi connectivity index (χ2v) is 4.17. The zero-order chi connectivity index (χ0) is 14.3. The first kappa shape index (κ1) is 15.1. The number of hydrogen-bond acceptors (Lipinski definition) is 4. The van der Waals surface area contributed by atoms with Gasteiger partial charge in [-0.2, -0.15) is 0 Å². The number of rotatable bonds is 7. The van der Waals surface area contributed by atoms with Gasteiger partial charge in [0.1, 0.15) is 0 Å². The Kier molecular flexibility index (Phi) is 5.98. The van der Waals surface area contributed by atoms with Crippen LogP contribution in [0.2, 0.25) is 0 Å². The van der Waals surface area contributed by atoms with Gasteiger partial charge < -0.3 is 21.5 Å². The topological polar surface area (TPSA) is 107 Å². The molecule has 0 heterocycles. The van der Waals surface area contributed by atoms with E-state index in [1.165, 1.54) is 0 Å². The minimum absolute atomic E-state index is 0.175. The van der Waals surface area contributed by atoms with Crippen molar-refractivity contribution in [2.75, 3.05) is 19.0 Å². The quantitative estimate of drug-likeness (QED) is 0.645. The number of anilines is 1. The summed E-state index contributed by atoms with van der Waals surface area (Å²) in [7, 11) is 1.62. The average molecular weight is 265 g/mol. The van der Waals surface area contributed by atoms with E-state index in [1.807, 2.05) is 18.2 Å². The number of nitrogens with one attached hydrogen (secondary N) is 1. The Bertz CT molecular complexity index is 449. The largest absolute Gasteiger partial charge is 0.384 e. The van der Waals surface area contributed by atoms with Crippen LogP contribution in [-0.4, -0.2) is 31.6 Å². The van der Waals surface area contributed by atoms with Crippen molar-refractivity contribution in [3.63, 3.8) is 0 Å². The maximum atomic E-state index is 11.8. The first-order chi connectivity index (χ1) is 9.04. The van der Waals surface area contributed by atoms with Crippen molar-refractivity contribution in [3.8, 4) is 0 Å². The molecule has 1 rings (SSSR count). The molecule has 5 N–H and O–H groups in total. The highest BCUT2D eigenvalue weighted by Gasteiger charge is 2.16. The second-order valence-electron chi connectivity index (χ2n) is 4.17. The minimum atomic E-state index is -0.937. The van der Waals surface area contributed by atoms with Gasteiger partial charge in [-0.1, -0.05) is 18.2 Å². The summed E-state index contributed by atoms with van der Waals surface area (Å²) in [6.07, 6.45) is 0.504. The van der Waals surface area contributed by atoms with E-state index < -0.39 is 17.9 Å². The molecule has 0 saturated carbocycles. The number of hydrogen-bond donors (Lipinski definition) is 3. The van der Waals surface area contributed by atoms with Crippen LogP contribution in [0.25, 0.3) is 0 Å². The molecule has 0 aromatic heterocycles. The predicted octanol–water partition coefficient (Wildman–Crippen LogP) is 0.0167. The molecule has 1 unspecified atom stereocenters. The van der Waals surface area contributed by atoms with Crippen molar-refractivity contribution in [1.29, 1.82) is 0 Å². The number of methoxy groups -OCH3 is 1. The van der Waals surface area contributed by atoms with E-state index in [2.05, 4.69) is 5.32 Å². The van der Waals surface area contributed by atoms with Gasteiger partial charge in [0.15, 0.2) is 0 Å². The number of para-hydroxylation sites is 1. The summed E-state index contributed by atoms with van der Waals surface area (Å²) in [6, 6.07) is 6.43. The maximum absolute atomic E-state index is 11.8. The number of carbonyl (C=O) groups is 2. The number of benzene rings is 1. The molecule has 0 fully saturated rings. The van der Waals surface area contributed by atoms with Crippen molar-refractivity contribution in [2.24, 2.45) is 11.5 Å². The highest BCUT2D eigenvalue weighted by Crippen LogP contribution is 2.16. The molecule has 19 heavy (non-hydrogen) atoms. The van der Waals surface area contributed by atoms with Crippen molar-refractivity contribution in [1.82, 2.24) is 0 Å². The standard InChI is InChI=1S/C13H19N3O3/c1-19-7-6-9-4-2-3-5-11(9)16-13(18)10(14)8-12(15)17/h2-5,10H,6-8,14H2,1H3,(H2,15,17)(H,16,18). The number of primary amides is 1. The lowest BCUT2D eigenvalue weighted by atomic mass is 10.1. The van der Waals surface area contributed by atoms with Crippen LogP contribution in [0.4, 0.5) is 5.69 Å². The van der Waals surface area contributed by atoms with Gasteiger partial charge in [-0.25, -0.2) is 0 Å². The molecule has 1 atom stereocenters. The minimum Gasteiger partial charge on any atom is -0.384 e. The zero-order valence-corrected chi connectivity index (χ0v) is 10.9. The Hall–Kier alpha value is -1.92. The van der Waals surface area contributed by atoms with E-state index in [-0.39, 0.29) is 6.42 Å². The van der Waals surface area contributed by atoms with E-state index in [0.29, 0.717) is 18.7 Å². The fraction of sp³-hybridized carbons (Fsp3) is 0.385. The molecule has 0 radical (unpaired) electrons. The Balaban J connectivity index is 2.70. The highest BCUT2D eigenvalue weighted by molar-refractivity contribution is 5.97. The molecule has 6 nitrogen and oxygen atoms in total. The fourth-order valence-corrected chi connectivity index (χ4v) is 1.61. The fourth-order valence-electron chi connectivity index (χ4n) is 1.61. The third kappa shape index (κ3) is 5.07. The van der Waals surface area contributed by atoms with Gasteiger partial charge in [0, 0.05) is 12.8 Å². The molecule has 0 saturated heterocycles. The molecule has 0 aliphatic carbocycles. The van der Waals surface area contributed by atoms with Crippen LogP contribution in [0.1, 0.15) is 12.0 Å². The summed E-state index contributed by atoms with van der Waals surface area (Å²) in [5.74, 6) is -1.03. The van der Waals surface area contributed by atoms with E-state index in [9.17, 15) is 9.59 Å². The normalized spacial score (nSPS) is 11.9. The molecule has 104 valence electrons. The molecule has 6 heteroatoms. The average Bonchev–Trinajstić information content (AvgIpc) is 2.36. The van der Waals surface area contributed by atoms with E-state index in [0.717, 1.165) is 5.56 Å². The van der Waals surface area contributed by atoms with Gasteiger partial charge in [-0.05, 0) is 18.1 Å². The van der Waals surface area contributed by atoms with Crippen LogP contribution in [0.5, 0.6) is 0 Å². The lowest BCUT2D eigenvalue weighted by Crippen LogP contribution is -2.39. The van der Waals surface area contributed by atoms with Crippen LogP contribution < -0.4 is 16.8 Å². The highest BCUT2D eigenvalue weighted by atomic mass is 16.5. The second kappa shape index (κ2) is 7.50. The Labute approximate surface area is 112 Å². The number of amides is 2. The third-order valence-electron chi connectivity index (χ3n) is 2.61. The van der Waals surface area contributed by atoms with Gasteiger partial charge >= 0.3 is 0 Å². The van der Waals surface area contributed by atoms with Crippen LogP contribution in [0.3, 0.4) is 0 Å². The Morgan fingerprint density at radius 2 is 2.05 bits per heavy atom. The first-order valence-electron chi connectivity index (χ1n) is 5.96. The van der Waals surface area contributed by atoms with E-state index in [4.69, 9.17) is 16.2 Å². The summed E-state index contributed by atoms with van der Waals surface area (Å²) >= 11 is 0. The molecule has 2 amide bonds. The van der Waals surface area contributed by atoms with Crippen LogP contribution >= 0.6 is 0 Å². The first-order valence-corrected chi connectivity index (χ1v) is 5.96. The molecule has 0 bridgehead atoms. The van der Waals surface area contributed by atoms with Gasteiger partial charge in [-0.15, -0.1) is 0 Å². The van der Waals surface area contributed by atoms with Crippen molar-refractivity contribution in [3.05, 3.63) is 29.8 Å². The third-order valence-corrected chi connectivity index (χ3v) is 2.61. The van der Waals surface area contributed by atoms with Crippen molar-refractivity contribution >= 4 is 17.5 Å². The summed E-state index contributed by atoms with van der Waals surface area (Å²) in [6.45, 7) is 0.556. The lowest BCUT2D eigenvalue weighted by Gasteiger charge is -2.13. The Morgan fingerprint density at radius 3 is 2.68 bits per heavy atom. The molecular weight excluding hydrogens is 246 g/mol.